The van der Waals surface area contributed by atoms with E-state index in [4.69, 9.17) is 10.8 Å². The van der Waals surface area contributed by atoms with Crippen molar-refractivity contribution in [2.45, 2.75) is 40.5 Å². The van der Waals surface area contributed by atoms with Gasteiger partial charge in [0.2, 0.25) is 0 Å². The molecular weight excluding hydrogens is 150 g/mol. The molecule has 0 aromatic rings. The molecule has 0 heterocycles. The fraction of sp³-hybridized carbons (Fsp3) is 1.00. The van der Waals surface area contributed by atoms with E-state index in [1.54, 1.807) is 0 Å². The highest BCUT2D eigenvalue weighted by molar-refractivity contribution is 4.42. The molecule has 12 heavy (non-hydrogen) atoms. The molecule has 0 amide bonds. The third-order valence-electron chi connectivity index (χ3n) is 1.45. The second kappa shape index (κ2) is 10.9. The van der Waals surface area contributed by atoms with Crippen molar-refractivity contribution in [3.63, 3.8) is 0 Å². The number of hydrogen-bond donors (Lipinski definition) is 2. The normalized spacial score (nSPS) is 10.0. The minimum absolute atomic E-state index is 0.331. The Morgan fingerprint density at radius 1 is 1.00 bits per heavy atom. The van der Waals surface area contributed by atoms with Gasteiger partial charge in [-0.05, 0) is 31.2 Å². The van der Waals surface area contributed by atoms with Gasteiger partial charge < -0.3 is 10.8 Å². The minimum atomic E-state index is 0.331. The largest absolute Gasteiger partial charge is 0.396 e. The zero-order valence-electron chi connectivity index (χ0n) is 9.01. The van der Waals surface area contributed by atoms with Crippen molar-refractivity contribution in [3.05, 3.63) is 0 Å². The summed E-state index contributed by atoms with van der Waals surface area (Å²) in [6, 6.07) is 0. The lowest BCUT2D eigenvalue weighted by atomic mass is 10.1. The van der Waals surface area contributed by atoms with E-state index in [1.807, 2.05) is 0 Å². The summed E-state index contributed by atoms with van der Waals surface area (Å²) < 4.78 is 0. The highest BCUT2D eigenvalue weighted by Gasteiger charge is 1.86. The first kappa shape index (κ1) is 14.4. The first-order valence-corrected chi connectivity index (χ1v) is 4.85. The zero-order chi connectivity index (χ0) is 9.98. The summed E-state index contributed by atoms with van der Waals surface area (Å²) in [4.78, 5) is 0. The van der Waals surface area contributed by atoms with Crippen LogP contribution in [0.1, 0.15) is 40.5 Å². The smallest absolute Gasteiger partial charge is 0.0433 e. The first-order valence-electron chi connectivity index (χ1n) is 4.85. The molecule has 0 unspecified atom stereocenters. The van der Waals surface area contributed by atoms with Gasteiger partial charge in [-0.2, -0.15) is 0 Å². The van der Waals surface area contributed by atoms with E-state index in [1.165, 1.54) is 0 Å². The lowest BCUT2D eigenvalue weighted by Gasteiger charge is -1.96. The highest BCUT2D eigenvalue weighted by atomic mass is 16.2. The number of nitrogens with two attached hydrogens (primary N) is 1. The second-order valence-corrected chi connectivity index (χ2v) is 3.88. The number of hydrogen-bond acceptors (Lipinski definition) is 2. The van der Waals surface area contributed by atoms with Gasteiger partial charge in [-0.15, -0.1) is 0 Å². The lowest BCUT2D eigenvalue weighted by molar-refractivity contribution is 0.268. The molecule has 2 nitrogen and oxygen atoms in total. The fourth-order valence-corrected chi connectivity index (χ4v) is 0.592. The van der Waals surface area contributed by atoms with Crippen LogP contribution in [-0.4, -0.2) is 18.3 Å². The van der Waals surface area contributed by atoms with Crippen LogP contribution in [0.4, 0.5) is 0 Å². The predicted molar refractivity (Wildman–Crippen MR) is 55.1 cm³/mol. The van der Waals surface area contributed by atoms with E-state index in [2.05, 4.69) is 27.7 Å². The summed E-state index contributed by atoms with van der Waals surface area (Å²) in [6.45, 7) is 9.70. The second-order valence-electron chi connectivity index (χ2n) is 3.88. The topological polar surface area (TPSA) is 46.2 Å². The molecule has 0 fully saturated rings. The Morgan fingerprint density at radius 3 is 1.42 bits per heavy atom. The summed E-state index contributed by atoms with van der Waals surface area (Å²) in [6.07, 6.45) is 2.08. The molecule has 0 saturated carbocycles. The molecule has 76 valence electrons. The Balaban J connectivity index is 0. The molecule has 0 aliphatic heterocycles. The molecule has 3 N–H and O–H groups in total. The molecule has 0 aromatic carbocycles. The quantitative estimate of drug-likeness (QED) is 0.686. The van der Waals surface area contributed by atoms with Crippen LogP contribution in [0.25, 0.3) is 0 Å². The molecule has 0 aliphatic rings. The first-order chi connectivity index (χ1) is 5.54. The SMILES string of the molecule is CC(C)CCN.CC(C)CCO. The van der Waals surface area contributed by atoms with Crippen molar-refractivity contribution in [1.29, 1.82) is 0 Å². The lowest BCUT2D eigenvalue weighted by Crippen LogP contribution is -2.01. The molecule has 2 heteroatoms. The molecule has 0 radical (unpaired) electrons. The average Bonchev–Trinajstić information content (AvgIpc) is 1.87. The van der Waals surface area contributed by atoms with Gasteiger partial charge in [0.05, 0.1) is 0 Å². The fourth-order valence-electron chi connectivity index (χ4n) is 0.592. The van der Waals surface area contributed by atoms with Crippen molar-refractivity contribution in [1.82, 2.24) is 0 Å². The minimum Gasteiger partial charge on any atom is -0.396 e. The van der Waals surface area contributed by atoms with Gasteiger partial charge >= 0.3 is 0 Å². The number of aliphatic hydroxyl groups is 1. The number of rotatable bonds is 4. The molecule has 0 rings (SSSR count). The zero-order valence-corrected chi connectivity index (χ0v) is 9.01. The van der Waals surface area contributed by atoms with Gasteiger partial charge in [-0.3, -0.25) is 0 Å². The Kier molecular flexibility index (Phi) is 13.1. The van der Waals surface area contributed by atoms with E-state index < -0.39 is 0 Å². The average molecular weight is 175 g/mol. The third-order valence-corrected chi connectivity index (χ3v) is 1.45. The Hall–Kier alpha value is -0.0800. The molecule has 0 atom stereocenters. The van der Waals surface area contributed by atoms with E-state index in [0.717, 1.165) is 25.3 Å². The summed E-state index contributed by atoms with van der Waals surface area (Å²) in [5.74, 6) is 1.42. The van der Waals surface area contributed by atoms with Crippen molar-refractivity contribution in [2.75, 3.05) is 13.2 Å². The van der Waals surface area contributed by atoms with Gasteiger partial charge in [0.1, 0.15) is 0 Å². The molecular formula is C10H25NO. The third kappa shape index (κ3) is 22.5. The Labute approximate surface area is 77.2 Å². The van der Waals surface area contributed by atoms with Crippen LogP contribution in [-0.2, 0) is 0 Å². The van der Waals surface area contributed by atoms with Gasteiger partial charge in [0.25, 0.3) is 0 Å². The Morgan fingerprint density at radius 2 is 1.42 bits per heavy atom. The van der Waals surface area contributed by atoms with Crippen LogP contribution in [0, 0.1) is 11.8 Å². The van der Waals surface area contributed by atoms with Crippen molar-refractivity contribution in [2.24, 2.45) is 17.6 Å². The van der Waals surface area contributed by atoms with Gasteiger partial charge in [0.15, 0.2) is 0 Å². The highest BCUT2D eigenvalue weighted by Crippen LogP contribution is 1.95. The van der Waals surface area contributed by atoms with E-state index in [0.29, 0.717) is 12.5 Å². The van der Waals surface area contributed by atoms with E-state index in [9.17, 15) is 0 Å². The van der Waals surface area contributed by atoms with E-state index >= 15 is 0 Å². The summed E-state index contributed by atoms with van der Waals surface area (Å²) >= 11 is 0. The van der Waals surface area contributed by atoms with Crippen molar-refractivity contribution in [3.8, 4) is 0 Å². The maximum atomic E-state index is 8.24. The molecule has 0 spiro atoms. The summed E-state index contributed by atoms with van der Waals surface area (Å²) in [5.41, 5.74) is 5.23. The van der Waals surface area contributed by atoms with E-state index in [-0.39, 0.29) is 0 Å². The van der Waals surface area contributed by atoms with Gasteiger partial charge in [-0.25, -0.2) is 0 Å². The number of aliphatic hydroxyl groups excluding tert-OH is 1. The molecule has 0 saturated heterocycles. The maximum Gasteiger partial charge on any atom is 0.0433 e. The standard InChI is InChI=1S/C5H13N.C5H12O/c2*1-5(2)3-4-6/h5H,3-4,6H2,1-2H3;5-6H,3-4H2,1-2H3. The van der Waals surface area contributed by atoms with Crippen LogP contribution in [0.2, 0.25) is 0 Å². The molecule has 0 aliphatic carbocycles. The maximum absolute atomic E-state index is 8.24. The van der Waals surface area contributed by atoms with Crippen LogP contribution in [0.5, 0.6) is 0 Å². The van der Waals surface area contributed by atoms with Crippen molar-refractivity contribution >= 4 is 0 Å². The Bertz CT molecular complexity index is 62.2. The van der Waals surface area contributed by atoms with Crippen molar-refractivity contribution < 1.29 is 5.11 Å². The predicted octanol–water partition coefficient (Wildman–Crippen LogP) is 2.02. The van der Waals surface area contributed by atoms with Crippen LogP contribution >= 0.6 is 0 Å². The van der Waals surface area contributed by atoms with Gasteiger partial charge in [0, 0.05) is 6.61 Å². The molecule has 0 aromatic heterocycles. The van der Waals surface area contributed by atoms with Gasteiger partial charge in [-0.1, -0.05) is 27.7 Å². The molecule has 0 bridgehead atoms. The summed E-state index contributed by atoms with van der Waals surface area (Å²) in [7, 11) is 0. The van der Waals surface area contributed by atoms with Crippen LogP contribution in [0.15, 0.2) is 0 Å². The monoisotopic (exact) mass is 175 g/mol. The van der Waals surface area contributed by atoms with Crippen LogP contribution < -0.4 is 5.73 Å². The summed E-state index contributed by atoms with van der Waals surface area (Å²) in [5, 5.41) is 8.24. The van der Waals surface area contributed by atoms with Crippen LogP contribution in [0.3, 0.4) is 0 Å².